The van der Waals surface area contributed by atoms with Gasteiger partial charge in [0.25, 0.3) is 0 Å². The Hall–Kier alpha value is -8.93. The van der Waals surface area contributed by atoms with Gasteiger partial charge in [-0.1, -0.05) is 182 Å². The third-order valence-corrected chi connectivity index (χ3v) is 14.5. The molecule has 0 N–H and O–H groups in total. The van der Waals surface area contributed by atoms with Crippen LogP contribution in [0.5, 0.6) is 0 Å². The van der Waals surface area contributed by atoms with E-state index in [1.54, 1.807) is 0 Å². The summed E-state index contributed by atoms with van der Waals surface area (Å²) in [6.07, 6.45) is 8.58. The molecule has 5 nitrogen and oxygen atoms in total. The maximum atomic E-state index is 5.38. The minimum atomic E-state index is -0.662. The van der Waals surface area contributed by atoms with Crippen LogP contribution < -0.4 is 4.90 Å². The molecule has 11 aromatic rings. The lowest BCUT2D eigenvalue weighted by atomic mass is 9.64. The Morgan fingerprint density at radius 1 is 0.391 bits per heavy atom. The van der Waals surface area contributed by atoms with Crippen LogP contribution in [0, 0.1) is 0 Å². The summed E-state index contributed by atoms with van der Waals surface area (Å²) in [5, 5.41) is 2.51. The number of rotatable bonds is 6. The van der Waals surface area contributed by atoms with E-state index in [4.69, 9.17) is 15.0 Å². The molecule has 5 heteroatoms. The first kappa shape index (κ1) is 39.3. The number of benzene rings is 9. The molecule has 0 saturated carbocycles. The molecule has 0 radical (unpaired) electrons. The van der Waals surface area contributed by atoms with E-state index < -0.39 is 5.41 Å². The van der Waals surface area contributed by atoms with Crippen LogP contribution in [-0.4, -0.2) is 19.5 Å². The normalized spacial score (nSPS) is 14.1. The highest BCUT2D eigenvalue weighted by molar-refractivity contribution is 6.09. The number of aromatic nitrogens is 4. The van der Waals surface area contributed by atoms with Gasteiger partial charge in [0.15, 0.2) is 17.5 Å². The van der Waals surface area contributed by atoms with Crippen molar-refractivity contribution in [2.45, 2.75) is 18.3 Å². The van der Waals surface area contributed by atoms with E-state index in [0.29, 0.717) is 17.5 Å². The van der Waals surface area contributed by atoms with Crippen LogP contribution in [0.3, 0.4) is 0 Å². The largest absolute Gasteiger partial charge is 0.310 e. The van der Waals surface area contributed by atoms with E-state index in [1.165, 1.54) is 49.6 Å². The smallest absolute Gasteiger partial charge is 0.164 e. The highest BCUT2D eigenvalue weighted by atomic mass is 15.2. The monoisotopic (exact) mass is 881 g/mol. The minimum absolute atomic E-state index is 0.655. The Balaban J connectivity index is 1.02. The number of anilines is 3. The number of fused-ring (bicyclic) bond motifs is 12. The van der Waals surface area contributed by atoms with Gasteiger partial charge in [-0.15, -0.1) is 0 Å². The van der Waals surface area contributed by atoms with Gasteiger partial charge in [0.1, 0.15) is 0 Å². The van der Waals surface area contributed by atoms with Crippen LogP contribution in [0.4, 0.5) is 17.1 Å². The lowest BCUT2D eigenvalue weighted by Gasteiger charge is -2.45. The molecule has 0 saturated heterocycles. The van der Waals surface area contributed by atoms with E-state index in [-0.39, 0.29) is 0 Å². The van der Waals surface area contributed by atoms with E-state index in [9.17, 15) is 0 Å². The molecule has 9 aromatic carbocycles. The van der Waals surface area contributed by atoms with Crippen LogP contribution in [0.15, 0.2) is 237 Å². The molecule has 1 spiro atoms. The van der Waals surface area contributed by atoms with Gasteiger partial charge in [-0.2, -0.15) is 0 Å². The number of allylic oxidation sites excluding steroid dienone is 4. The fourth-order valence-corrected chi connectivity index (χ4v) is 11.6. The van der Waals surface area contributed by atoms with Crippen LogP contribution in [0.2, 0.25) is 0 Å². The van der Waals surface area contributed by atoms with Gasteiger partial charge in [-0.3, -0.25) is 0 Å². The van der Waals surface area contributed by atoms with E-state index in [1.807, 2.05) is 18.2 Å². The molecule has 14 rings (SSSR count). The number of para-hydroxylation sites is 5. The predicted octanol–water partition coefficient (Wildman–Crippen LogP) is 15.8. The zero-order valence-electron chi connectivity index (χ0n) is 37.7. The third-order valence-electron chi connectivity index (χ3n) is 14.5. The fourth-order valence-electron chi connectivity index (χ4n) is 11.6. The first-order valence-electron chi connectivity index (χ1n) is 23.8. The van der Waals surface area contributed by atoms with Crippen molar-refractivity contribution in [3.8, 4) is 50.7 Å². The zero-order valence-corrected chi connectivity index (χ0v) is 37.7. The van der Waals surface area contributed by atoms with Gasteiger partial charge >= 0.3 is 0 Å². The summed E-state index contributed by atoms with van der Waals surface area (Å²) in [6.45, 7) is 0. The molecule has 324 valence electrons. The van der Waals surface area contributed by atoms with Gasteiger partial charge in [0.2, 0.25) is 0 Å². The summed E-state index contributed by atoms with van der Waals surface area (Å²) in [4.78, 5) is 18.3. The standard InChI is InChI=1S/C64H43N5/c1-4-19-43(20-5-1)61-65-62(44-21-6-2-7-22-44)67-63(66-61)50-27-18-30-55-60(50)51-41-45(42-35-38-47(39-36-42)68-56-31-14-10-25-48(56)49-26-11-15-32-57(49)68)37-40-52(51)64(55)53-28-12-16-33-58(53)69(46-23-8-3-9-24-46)59-34-17-13-29-54(59)64/h1,3-6,8-41H,2,7H2. The Morgan fingerprint density at radius 2 is 0.986 bits per heavy atom. The molecule has 1 aliphatic heterocycles. The second-order valence-electron chi connectivity index (χ2n) is 18.2. The molecule has 69 heavy (non-hydrogen) atoms. The highest BCUT2D eigenvalue weighted by Gasteiger charge is 2.52. The average molecular weight is 882 g/mol. The molecular formula is C64H43N5. The van der Waals surface area contributed by atoms with Crippen molar-refractivity contribution in [3.05, 3.63) is 265 Å². The molecule has 0 atom stereocenters. The summed E-state index contributed by atoms with van der Waals surface area (Å²) in [6, 6.07) is 79.4. The summed E-state index contributed by atoms with van der Waals surface area (Å²) < 4.78 is 2.38. The zero-order chi connectivity index (χ0) is 45.5. The predicted molar refractivity (Wildman–Crippen MR) is 282 cm³/mol. The van der Waals surface area contributed by atoms with E-state index >= 15 is 0 Å². The molecule has 0 unspecified atom stereocenters. The van der Waals surface area contributed by atoms with Gasteiger partial charge in [0, 0.05) is 38.8 Å². The molecule has 3 heterocycles. The Labute approximate surface area is 400 Å². The Morgan fingerprint density at radius 3 is 1.68 bits per heavy atom. The summed E-state index contributed by atoms with van der Waals surface area (Å²) in [5.74, 6) is 2.00. The van der Waals surface area contributed by atoms with Crippen molar-refractivity contribution >= 4 is 44.4 Å². The molecular weight excluding hydrogens is 839 g/mol. The van der Waals surface area contributed by atoms with E-state index in [0.717, 1.165) is 69.0 Å². The summed E-state index contributed by atoms with van der Waals surface area (Å²) >= 11 is 0. The van der Waals surface area contributed by atoms with Crippen LogP contribution in [-0.2, 0) is 5.41 Å². The van der Waals surface area contributed by atoms with Crippen LogP contribution >= 0.6 is 0 Å². The second-order valence-corrected chi connectivity index (χ2v) is 18.2. The van der Waals surface area contributed by atoms with Crippen molar-refractivity contribution < 1.29 is 0 Å². The minimum Gasteiger partial charge on any atom is -0.310 e. The first-order valence-corrected chi connectivity index (χ1v) is 23.8. The average Bonchev–Trinajstić information content (AvgIpc) is 3.92. The lowest BCUT2D eigenvalue weighted by Crippen LogP contribution is -2.36. The van der Waals surface area contributed by atoms with Crippen molar-refractivity contribution in [2.24, 2.45) is 0 Å². The highest BCUT2D eigenvalue weighted by Crippen LogP contribution is 2.64. The van der Waals surface area contributed by atoms with Crippen molar-refractivity contribution in [1.82, 2.24) is 19.5 Å². The number of hydrogen-bond donors (Lipinski definition) is 0. The third kappa shape index (κ3) is 5.93. The maximum absolute atomic E-state index is 5.38. The lowest BCUT2D eigenvalue weighted by molar-refractivity contribution is 0.753. The van der Waals surface area contributed by atoms with Crippen molar-refractivity contribution in [3.63, 3.8) is 0 Å². The summed E-state index contributed by atoms with van der Waals surface area (Å²) in [5.41, 5.74) is 18.7. The van der Waals surface area contributed by atoms with Crippen LogP contribution in [0.25, 0.3) is 78.1 Å². The van der Waals surface area contributed by atoms with Gasteiger partial charge in [-0.05, 0) is 112 Å². The van der Waals surface area contributed by atoms with Gasteiger partial charge < -0.3 is 9.47 Å². The molecule has 2 aliphatic carbocycles. The number of hydrogen-bond acceptors (Lipinski definition) is 4. The molecule has 2 aromatic heterocycles. The second kappa shape index (κ2) is 15.6. The van der Waals surface area contributed by atoms with Crippen molar-refractivity contribution in [2.75, 3.05) is 4.90 Å². The Kier molecular flexibility index (Phi) is 8.86. The maximum Gasteiger partial charge on any atom is 0.164 e. The quantitative estimate of drug-likeness (QED) is 0.167. The van der Waals surface area contributed by atoms with Gasteiger partial charge in [-0.25, -0.2) is 15.0 Å². The summed E-state index contributed by atoms with van der Waals surface area (Å²) in [7, 11) is 0. The van der Waals surface area contributed by atoms with Crippen molar-refractivity contribution in [1.29, 1.82) is 0 Å². The molecule has 3 aliphatic rings. The van der Waals surface area contributed by atoms with Gasteiger partial charge in [0.05, 0.1) is 27.8 Å². The first-order chi connectivity index (χ1) is 34.2. The topological polar surface area (TPSA) is 46.8 Å². The Bertz CT molecular complexity index is 3800. The molecule has 0 bridgehead atoms. The fraction of sp³-hybridized carbons (Fsp3) is 0.0469. The molecule has 0 amide bonds. The van der Waals surface area contributed by atoms with Crippen LogP contribution in [0.1, 0.15) is 40.9 Å². The SMILES string of the molecule is C1=CC(c2nc(-c3ccccc3)nc(-c3cccc4c3-c3cc(-c5ccc(-n6c7ccccc7c7ccccc76)cc5)ccc3C43c4ccccc4N(c4ccccc4)c4ccccc43)n2)=CCC1. The molecule has 0 fully saturated rings. The van der Waals surface area contributed by atoms with E-state index in [2.05, 4.69) is 228 Å². The number of nitrogens with zero attached hydrogens (tertiary/aromatic N) is 5.